The summed E-state index contributed by atoms with van der Waals surface area (Å²) in [7, 11) is 0. The first kappa shape index (κ1) is 9.16. The monoisotopic (exact) mass is 204 g/mol. The van der Waals surface area contributed by atoms with Crippen molar-refractivity contribution in [1.82, 2.24) is 0 Å². The smallest absolute Gasteiger partial charge is 0.138 e. The SMILES string of the molecule is O=C([O-])Nc1cccc(Cl)c1Cl. The third kappa shape index (κ3) is 2.03. The van der Waals surface area contributed by atoms with Gasteiger partial charge in [-0.15, -0.1) is 0 Å². The van der Waals surface area contributed by atoms with Crippen molar-refractivity contribution in [2.75, 3.05) is 5.32 Å². The average Bonchev–Trinajstić information content (AvgIpc) is 1.98. The van der Waals surface area contributed by atoms with Gasteiger partial charge in [-0.3, -0.25) is 0 Å². The Kier molecular flexibility index (Phi) is 2.78. The van der Waals surface area contributed by atoms with Gasteiger partial charge in [0.1, 0.15) is 6.09 Å². The topological polar surface area (TPSA) is 52.2 Å². The van der Waals surface area contributed by atoms with Crippen LogP contribution in [0.4, 0.5) is 10.5 Å². The number of amides is 1. The second-order valence-corrected chi connectivity index (χ2v) is 2.80. The molecule has 64 valence electrons. The van der Waals surface area contributed by atoms with Crippen LogP contribution in [0.1, 0.15) is 0 Å². The van der Waals surface area contributed by atoms with Crippen LogP contribution in [-0.4, -0.2) is 6.09 Å². The molecule has 3 nitrogen and oxygen atoms in total. The van der Waals surface area contributed by atoms with E-state index in [9.17, 15) is 9.90 Å². The average molecular weight is 205 g/mol. The van der Waals surface area contributed by atoms with Gasteiger partial charge in [0.2, 0.25) is 0 Å². The Morgan fingerprint density at radius 3 is 2.67 bits per heavy atom. The van der Waals surface area contributed by atoms with Gasteiger partial charge in [0.15, 0.2) is 0 Å². The van der Waals surface area contributed by atoms with Crippen molar-refractivity contribution in [2.45, 2.75) is 0 Å². The van der Waals surface area contributed by atoms with E-state index in [-0.39, 0.29) is 10.7 Å². The normalized spacial score (nSPS) is 9.50. The van der Waals surface area contributed by atoms with Crippen molar-refractivity contribution in [1.29, 1.82) is 0 Å². The number of hydrogen-bond donors (Lipinski definition) is 1. The summed E-state index contributed by atoms with van der Waals surface area (Å²) in [5, 5.41) is 12.6. The van der Waals surface area contributed by atoms with Crippen molar-refractivity contribution < 1.29 is 9.90 Å². The summed E-state index contributed by atoms with van der Waals surface area (Å²) >= 11 is 11.3. The number of anilines is 1. The fourth-order valence-electron chi connectivity index (χ4n) is 0.710. The summed E-state index contributed by atoms with van der Waals surface area (Å²) in [4.78, 5) is 10.1. The molecule has 0 saturated carbocycles. The second-order valence-electron chi connectivity index (χ2n) is 2.01. The summed E-state index contributed by atoms with van der Waals surface area (Å²) in [6.07, 6.45) is -1.42. The predicted molar refractivity (Wildman–Crippen MR) is 45.5 cm³/mol. The Balaban J connectivity index is 3.00. The Morgan fingerprint density at radius 1 is 1.42 bits per heavy atom. The van der Waals surface area contributed by atoms with E-state index in [1.54, 1.807) is 12.1 Å². The second kappa shape index (κ2) is 3.65. The zero-order chi connectivity index (χ0) is 9.14. The molecule has 0 unspecified atom stereocenters. The predicted octanol–water partition coefficient (Wildman–Crippen LogP) is 1.75. The molecule has 0 aromatic heterocycles. The number of carboxylic acid groups (broad SMARTS) is 1. The van der Waals surface area contributed by atoms with Crippen LogP contribution in [0.15, 0.2) is 18.2 Å². The van der Waals surface area contributed by atoms with Crippen molar-refractivity contribution in [3.8, 4) is 0 Å². The molecule has 1 aromatic rings. The molecular weight excluding hydrogens is 201 g/mol. The van der Waals surface area contributed by atoms with Gasteiger partial charge in [-0.2, -0.15) is 0 Å². The Labute approximate surface area is 78.9 Å². The summed E-state index contributed by atoms with van der Waals surface area (Å²) in [6, 6.07) is 4.63. The van der Waals surface area contributed by atoms with Crippen molar-refractivity contribution in [2.24, 2.45) is 0 Å². The van der Waals surface area contributed by atoms with E-state index in [1.165, 1.54) is 6.07 Å². The number of hydrogen-bond acceptors (Lipinski definition) is 2. The lowest BCUT2D eigenvalue weighted by molar-refractivity contribution is -0.242. The molecule has 0 aliphatic carbocycles. The minimum Gasteiger partial charge on any atom is -0.530 e. The summed E-state index contributed by atoms with van der Waals surface area (Å²) in [5.41, 5.74) is 0.226. The molecule has 1 aromatic carbocycles. The molecule has 0 spiro atoms. The zero-order valence-electron chi connectivity index (χ0n) is 5.80. The first-order valence-electron chi connectivity index (χ1n) is 3.03. The standard InChI is InChI=1S/C7H5Cl2NO2/c8-4-2-1-3-5(6(4)9)10-7(11)12/h1-3,10H,(H,11,12)/p-1. The summed E-state index contributed by atoms with van der Waals surface area (Å²) in [6.45, 7) is 0. The Bertz CT molecular complexity index is 314. The maximum absolute atomic E-state index is 10.1. The summed E-state index contributed by atoms with van der Waals surface area (Å²) in [5.74, 6) is 0. The molecule has 0 saturated heterocycles. The number of carbonyl (C=O) groups excluding carboxylic acids is 1. The van der Waals surface area contributed by atoms with E-state index < -0.39 is 6.09 Å². The van der Waals surface area contributed by atoms with E-state index in [0.717, 1.165) is 0 Å². The Morgan fingerprint density at radius 2 is 2.08 bits per heavy atom. The first-order chi connectivity index (χ1) is 5.61. The minimum atomic E-state index is -1.42. The molecule has 0 aliphatic rings. The molecule has 0 heterocycles. The van der Waals surface area contributed by atoms with Crippen LogP contribution in [0.3, 0.4) is 0 Å². The highest BCUT2D eigenvalue weighted by Crippen LogP contribution is 2.29. The molecular formula is C7H4Cl2NO2-. The molecule has 0 radical (unpaired) electrons. The maximum Gasteiger partial charge on any atom is 0.138 e. The molecule has 1 rings (SSSR count). The van der Waals surface area contributed by atoms with Gasteiger partial charge in [0.25, 0.3) is 0 Å². The van der Waals surface area contributed by atoms with Gasteiger partial charge in [-0.1, -0.05) is 29.3 Å². The van der Waals surface area contributed by atoms with Crippen molar-refractivity contribution in [3.63, 3.8) is 0 Å². The van der Waals surface area contributed by atoms with Crippen molar-refractivity contribution >= 4 is 35.0 Å². The number of nitrogens with one attached hydrogen (secondary N) is 1. The lowest BCUT2D eigenvalue weighted by Crippen LogP contribution is -2.28. The van der Waals surface area contributed by atoms with Gasteiger partial charge in [-0.05, 0) is 12.1 Å². The molecule has 0 bridgehead atoms. The minimum absolute atomic E-state index is 0.170. The zero-order valence-corrected chi connectivity index (χ0v) is 7.32. The quantitative estimate of drug-likeness (QED) is 0.759. The number of carbonyl (C=O) groups is 1. The molecule has 0 aliphatic heterocycles. The molecule has 0 fully saturated rings. The van der Waals surface area contributed by atoms with Crippen molar-refractivity contribution in [3.05, 3.63) is 28.2 Å². The molecule has 1 amide bonds. The van der Waals surface area contributed by atoms with Crippen LogP contribution in [0.2, 0.25) is 10.0 Å². The van der Waals surface area contributed by atoms with Crippen LogP contribution in [0, 0.1) is 0 Å². The highest BCUT2D eigenvalue weighted by atomic mass is 35.5. The fourth-order valence-corrected chi connectivity index (χ4v) is 1.06. The summed E-state index contributed by atoms with van der Waals surface area (Å²) < 4.78 is 0. The van der Waals surface area contributed by atoms with Crippen LogP contribution >= 0.6 is 23.2 Å². The van der Waals surface area contributed by atoms with Crippen LogP contribution < -0.4 is 10.4 Å². The third-order valence-corrected chi connectivity index (χ3v) is 2.01. The first-order valence-corrected chi connectivity index (χ1v) is 3.79. The highest BCUT2D eigenvalue weighted by Gasteiger charge is 2.02. The van der Waals surface area contributed by atoms with E-state index in [4.69, 9.17) is 23.2 Å². The largest absolute Gasteiger partial charge is 0.530 e. The van der Waals surface area contributed by atoms with E-state index >= 15 is 0 Å². The van der Waals surface area contributed by atoms with E-state index in [1.807, 2.05) is 5.32 Å². The number of benzene rings is 1. The molecule has 5 heteroatoms. The van der Waals surface area contributed by atoms with Gasteiger partial charge in [0.05, 0.1) is 15.7 Å². The maximum atomic E-state index is 10.1. The fraction of sp³-hybridized carbons (Fsp3) is 0. The Hall–Kier alpha value is -0.930. The van der Waals surface area contributed by atoms with Crippen LogP contribution in [-0.2, 0) is 0 Å². The molecule has 12 heavy (non-hydrogen) atoms. The number of halogens is 2. The van der Waals surface area contributed by atoms with Gasteiger partial charge < -0.3 is 15.2 Å². The van der Waals surface area contributed by atoms with Gasteiger partial charge >= 0.3 is 0 Å². The van der Waals surface area contributed by atoms with Gasteiger partial charge in [0, 0.05) is 0 Å². The molecule has 0 atom stereocenters. The van der Waals surface area contributed by atoms with Crippen LogP contribution in [0.5, 0.6) is 0 Å². The van der Waals surface area contributed by atoms with E-state index in [2.05, 4.69) is 0 Å². The highest BCUT2D eigenvalue weighted by molar-refractivity contribution is 6.43. The third-order valence-electron chi connectivity index (χ3n) is 1.19. The van der Waals surface area contributed by atoms with Gasteiger partial charge in [-0.25, -0.2) is 0 Å². The van der Waals surface area contributed by atoms with E-state index in [0.29, 0.717) is 5.02 Å². The number of rotatable bonds is 1. The molecule has 1 N–H and O–H groups in total. The lowest BCUT2D eigenvalue weighted by atomic mass is 10.3. The lowest BCUT2D eigenvalue weighted by Gasteiger charge is -2.08. The van der Waals surface area contributed by atoms with Crippen LogP contribution in [0.25, 0.3) is 0 Å².